The normalized spacial score (nSPS) is 16.0. The van der Waals surface area contributed by atoms with Crippen LogP contribution in [-0.2, 0) is 22.6 Å². The maximum Gasteiger partial charge on any atom is 0.254 e. The summed E-state index contributed by atoms with van der Waals surface area (Å²) < 4.78 is 0. The number of thiophene rings is 1. The minimum Gasteiger partial charge on any atom is -0.380 e. The molecule has 150 valence electrons. The molecule has 3 rings (SSSR count). The summed E-state index contributed by atoms with van der Waals surface area (Å²) in [5.41, 5.74) is 2.10. The van der Waals surface area contributed by atoms with Gasteiger partial charge in [0.15, 0.2) is 12.2 Å². The molecular formula is C20H23ClN2O4S. The lowest BCUT2D eigenvalue weighted by molar-refractivity contribution is -0.152. The lowest BCUT2D eigenvalue weighted by Gasteiger charge is -2.22. The molecule has 8 heteroatoms. The first kappa shape index (κ1) is 20.8. The number of nitrogens with one attached hydrogen (secondary N) is 1. The molecule has 0 spiro atoms. The first-order valence-corrected chi connectivity index (χ1v) is 10.4. The molecule has 0 saturated carbocycles. The molecule has 3 N–H and O–H groups in total. The topological polar surface area (TPSA) is 89.9 Å². The molecule has 2 aromatic rings. The Kier molecular flexibility index (Phi) is 7.07. The molecule has 1 aliphatic heterocycles. The standard InChI is InChI=1S/C20H23ClN2O4S/c21-16-6-2-1-5-14(16)9-13-10-15(28-12-13)11-22-19(26)17(24)18(25)20(27)23-7-3-4-8-23/h1-2,5-6,10,12,17-18,24-25H,3-4,7-9,11H2,(H,22,26)/t17-,18-/m1/s1. The van der Waals surface area contributed by atoms with Crippen LogP contribution < -0.4 is 5.32 Å². The second-order valence-corrected chi connectivity index (χ2v) is 8.23. The quantitative estimate of drug-likeness (QED) is 0.636. The maximum absolute atomic E-state index is 12.1. The van der Waals surface area contributed by atoms with Gasteiger partial charge in [-0.05, 0) is 47.9 Å². The van der Waals surface area contributed by atoms with E-state index >= 15 is 0 Å². The van der Waals surface area contributed by atoms with Crippen molar-refractivity contribution in [2.24, 2.45) is 0 Å². The van der Waals surface area contributed by atoms with Crippen LogP contribution in [0, 0.1) is 0 Å². The zero-order valence-corrected chi connectivity index (χ0v) is 16.9. The molecule has 6 nitrogen and oxygen atoms in total. The molecule has 0 bridgehead atoms. The van der Waals surface area contributed by atoms with E-state index in [9.17, 15) is 19.8 Å². The third-order valence-electron chi connectivity index (χ3n) is 4.74. The van der Waals surface area contributed by atoms with Crippen LogP contribution in [0.1, 0.15) is 28.8 Å². The number of aliphatic hydroxyl groups excluding tert-OH is 2. The third-order valence-corrected chi connectivity index (χ3v) is 6.09. The highest BCUT2D eigenvalue weighted by molar-refractivity contribution is 7.10. The van der Waals surface area contributed by atoms with E-state index in [2.05, 4.69) is 5.32 Å². The van der Waals surface area contributed by atoms with Crippen LogP contribution in [0.5, 0.6) is 0 Å². The van der Waals surface area contributed by atoms with Crippen molar-refractivity contribution in [1.29, 1.82) is 0 Å². The summed E-state index contributed by atoms with van der Waals surface area (Å²) in [4.78, 5) is 26.6. The summed E-state index contributed by atoms with van der Waals surface area (Å²) in [6.45, 7) is 1.31. The fourth-order valence-corrected chi connectivity index (χ4v) is 4.19. The van der Waals surface area contributed by atoms with Gasteiger partial charge < -0.3 is 20.4 Å². The average Bonchev–Trinajstić information content (AvgIpc) is 3.38. The third kappa shape index (κ3) is 5.11. The van der Waals surface area contributed by atoms with Crippen LogP contribution >= 0.6 is 22.9 Å². The summed E-state index contributed by atoms with van der Waals surface area (Å²) in [6, 6.07) is 9.60. The first-order chi connectivity index (χ1) is 13.5. The van der Waals surface area contributed by atoms with Gasteiger partial charge in [-0.1, -0.05) is 29.8 Å². The molecule has 1 aromatic heterocycles. The molecule has 0 radical (unpaired) electrons. The predicted octanol–water partition coefficient (Wildman–Crippen LogP) is 1.95. The van der Waals surface area contributed by atoms with E-state index in [-0.39, 0.29) is 6.54 Å². The van der Waals surface area contributed by atoms with Gasteiger partial charge in [0.05, 0.1) is 6.54 Å². The lowest BCUT2D eigenvalue weighted by atomic mass is 10.1. The van der Waals surface area contributed by atoms with Gasteiger partial charge in [0.1, 0.15) is 0 Å². The Labute approximate surface area is 172 Å². The number of aliphatic hydroxyl groups is 2. The smallest absolute Gasteiger partial charge is 0.254 e. The van der Waals surface area contributed by atoms with Crippen molar-refractivity contribution in [2.45, 2.75) is 38.0 Å². The summed E-state index contributed by atoms with van der Waals surface area (Å²) >= 11 is 7.67. The number of hydrogen-bond acceptors (Lipinski definition) is 5. The molecule has 1 saturated heterocycles. The molecule has 1 aliphatic rings. The average molecular weight is 423 g/mol. The minimum atomic E-state index is -1.78. The van der Waals surface area contributed by atoms with Gasteiger partial charge in [-0.3, -0.25) is 9.59 Å². The molecule has 2 amide bonds. The minimum absolute atomic E-state index is 0.216. The van der Waals surface area contributed by atoms with Crippen molar-refractivity contribution in [2.75, 3.05) is 13.1 Å². The molecule has 1 fully saturated rings. The number of rotatable bonds is 7. The van der Waals surface area contributed by atoms with E-state index in [1.807, 2.05) is 35.7 Å². The monoisotopic (exact) mass is 422 g/mol. The van der Waals surface area contributed by atoms with Crippen molar-refractivity contribution >= 4 is 34.8 Å². The van der Waals surface area contributed by atoms with Gasteiger partial charge in [0.2, 0.25) is 0 Å². The first-order valence-electron chi connectivity index (χ1n) is 9.18. The van der Waals surface area contributed by atoms with E-state index in [4.69, 9.17) is 11.6 Å². The Hall–Kier alpha value is -1.93. The number of hydrogen-bond donors (Lipinski definition) is 3. The van der Waals surface area contributed by atoms with Gasteiger partial charge in [-0.2, -0.15) is 0 Å². The second-order valence-electron chi connectivity index (χ2n) is 6.83. The van der Waals surface area contributed by atoms with E-state index in [1.165, 1.54) is 16.2 Å². The molecule has 0 unspecified atom stereocenters. The van der Waals surface area contributed by atoms with Crippen LogP contribution in [0.4, 0.5) is 0 Å². The molecule has 1 aromatic carbocycles. The van der Waals surface area contributed by atoms with Crippen LogP contribution in [0.3, 0.4) is 0 Å². The number of carbonyl (C=O) groups is 2. The molecule has 2 heterocycles. The maximum atomic E-state index is 12.1. The van der Waals surface area contributed by atoms with Gasteiger partial charge in [0.25, 0.3) is 11.8 Å². The molecule has 2 atom stereocenters. The number of likely N-dealkylation sites (tertiary alicyclic amines) is 1. The number of carbonyl (C=O) groups excluding carboxylic acids is 2. The van der Waals surface area contributed by atoms with Crippen LogP contribution in [0.15, 0.2) is 35.7 Å². The Morgan fingerprint density at radius 2 is 1.89 bits per heavy atom. The number of amides is 2. The summed E-state index contributed by atoms with van der Waals surface area (Å²) in [6.07, 6.45) is -1.09. The Morgan fingerprint density at radius 1 is 1.18 bits per heavy atom. The van der Waals surface area contributed by atoms with Crippen molar-refractivity contribution in [1.82, 2.24) is 10.2 Å². The van der Waals surface area contributed by atoms with E-state index in [0.717, 1.165) is 28.8 Å². The van der Waals surface area contributed by atoms with E-state index in [0.29, 0.717) is 24.5 Å². The van der Waals surface area contributed by atoms with Gasteiger partial charge in [-0.15, -0.1) is 11.3 Å². The highest BCUT2D eigenvalue weighted by Gasteiger charge is 2.34. The van der Waals surface area contributed by atoms with Crippen molar-refractivity contribution < 1.29 is 19.8 Å². The summed E-state index contributed by atoms with van der Waals surface area (Å²) in [5, 5.41) is 25.3. The fourth-order valence-electron chi connectivity index (χ4n) is 3.16. The van der Waals surface area contributed by atoms with Crippen LogP contribution in [-0.4, -0.2) is 52.2 Å². The zero-order valence-electron chi connectivity index (χ0n) is 15.3. The van der Waals surface area contributed by atoms with E-state index in [1.54, 1.807) is 0 Å². The number of nitrogens with zero attached hydrogens (tertiary/aromatic N) is 1. The number of benzene rings is 1. The van der Waals surface area contributed by atoms with Crippen LogP contribution in [0.2, 0.25) is 5.02 Å². The Morgan fingerprint density at radius 3 is 2.61 bits per heavy atom. The Bertz CT molecular complexity index is 835. The lowest BCUT2D eigenvalue weighted by Crippen LogP contribution is -2.50. The van der Waals surface area contributed by atoms with Crippen molar-refractivity contribution in [3.05, 3.63) is 56.7 Å². The van der Waals surface area contributed by atoms with Gasteiger partial charge >= 0.3 is 0 Å². The van der Waals surface area contributed by atoms with Crippen LogP contribution in [0.25, 0.3) is 0 Å². The highest BCUT2D eigenvalue weighted by atomic mass is 35.5. The summed E-state index contributed by atoms with van der Waals surface area (Å²) in [7, 11) is 0. The molecular weight excluding hydrogens is 400 g/mol. The zero-order chi connectivity index (χ0) is 20.1. The molecule has 28 heavy (non-hydrogen) atoms. The summed E-state index contributed by atoms with van der Waals surface area (Å²) in [5.74, 6) is -1.36. The fraction of sp³-hybridized carbons (Fsp3) is 0.400. The SMILES string of the molecule is O=C(NCc1cc(Cc2ccccc2Cl)cs1)[C@H](O)[C@@H](O)C(=O)N1CCCC1. The van der Waals surface area contributed by atoms with Crippen molar-refractivity contribution in [3.63, 3.8) is 0 Å². The van der Waals surface area contributed by atoms with Crippen molar-refractivity contribution in [3.8, 4) is 0 Å². The Balaban J connectivity index is 1.51. The van der Waals surface area contributed by atoms with E-state index < -0.39 is 24.0 Å². The molecule has 0 aliphatic carbocycles. The highest BCUT2D eigenvalue weighted by Crippen LogP contribution is 2.22. The number of halogens is 1. The largest absolute Gasteiger partial charge is 0.380 e. The second kappa shape index (κ2) is 9.52. The van der Waals surface area contributed by atoms with Gasteiger partial charge in [-0.25, -0.2) is 0 Å². The van der Waals surface area contributed by atoms with Gasteiger partial charge in [0, 0.05) is 23.0 Å². The predicted molar refractivity (Wildman–Crippen MR) is 108 cm³/mol.